The van der Waals surface area contributed by atoms with Gasteiger partial charge in [-0.1, -0.05) is 50.6 Å². The Balaban J connectivity index is 1.52. The van der Waals surface area contributed by atoms with E-state index in [0.717, 1.165) is 16.7 Å². The lowest BCUT2D eigenvalue weighted by atomic mass is 9.99. The highest BCUT2D eigenvalue weighted by molar-refractivity contribution is 6.31. The second-order valence-corrected chi connectivity index (χ2v) is 9.60. The summed E-state index contributed by atoms with van der Waals surface area (Å²) >= 11 is 6.58. The van der Waals surface area contributed by atoms with E-state index < -0.39 is 11.6 Å². The molecular formula is C26H25ClF2N2O. The minimum absolute atomic E-state index is 0.0393. The molecule has 1 aliphatic heterocycles. The van der Waals surface area contributed by atoms with Crippen LogP contribution >= 0.6 is 11.6 Å². The number of hydrogen-bond acceptors (Lipinski definition) is 3. The van der Waals surface area contributed by atoms with E-state index in [2.05, 4.69) is 30.7 Å². The van der Waals surface area contributed by atoms with E-state index in [1.165, 1.54) is 18.2 Å². The van der Waals surface area contributed by atoms with Crippen LogP contribution in [0.4, 0.5) is 8.78 Å². The molecule has 1 aromatic heterocycles. The maximum absolute atomic E-state index is 14.1. The number of pyridine rings is 1. The Morgan fingerprint density at radius 1 is 1.03 bits per heavy atom. The summed E-state index contributed by atoms with van der Waals surface area (Å²) in [6.07, 6.45) is 2.92. The fourth-order valence-electron chi connectivity index (χ4n) is 3.68. The van der Waals surface area contributed by atoms with Crippen molar-refractivity contribution in [2.75, 3.05) is 6.61 Å². The predicted molar refractivity (Wildman–Crippen MR) is 125 cm³/mol. The van der Waals surface area contributed by atoms with Crippen molar-refractivity contribution < 1.29 is 13.5 Å². The highest BCUT2D eigenvalue weighted by Crippen LogP contribution is 2.37. The molecule has 32 heavy (non-hydrogen) atoms. The third-order valence-corrected chi connectivity index (χ3v) is 5.63. The van der Waals surface area contributed by atoms with Gasteiger partial charge in [-0.3, -0.25) is 4.99 Å². The lowest BCUT2D eigenvalue weighted by molar-refractivity contribution is 0.191. The molecule has 166 valence electrons. The molecule has 0 amide bonds. The van der Waals surface area contributed by atoms with Gasteiger partial charge in [0.1, 0.15) is 11.6 Å². The molecule has 3 nitrogen and oxygen atoms in total. The second-order valence-electron chi connectivity index (χ2n) is 9.20. The Morgan fingerprint density at radius 3 is 2.38 bits per heavy atom. The molecule has 0 radical (unpaired) electrons. The first-order valence-corrected chi connectivity index (χ1v) is 11.0. The zero-order valence-corrected chi connectivity index (χ0v) is 19.1. The summed E-state index contributed by atoms with van der Waals surface area (Å²) < 4.78 is 34.0. The predicted octanol–water partition coefficient (Wildman–Crippen LogP) is 7.43. The first kappa shape index (κ1) is 22.4. The smallest absolute Gasteiger partial charge is 0.213 e. The summed E-state index contributed by atoms with van der Waals surface area (Å²) in [4.78, 5) is 8.98. The van der Waals surface area contributed by atoms with Gasteiger partial charge in [0.05, 0.1) is 18.2 Å². The summed E-state index contributed by atoms with van der Waals surface area (Å²) in [6, 6.07) is 13.2. The van der Waals surface area contributed by atoms with Crippen molar-refractivity contribution in [3.05, 3.63) is 82.5 Å². The van der Waals surface area contributed by atoms with Crippen LogP contribution in [0.1, 0.15) is 50.8 Å². The average molecular weight is 455 g/mol. The third kappa shape index (κ3) is 4.99. The summed E-state index contributed by atoms with van der Waals surface area (Å²) in [5, 5.41) is 0.569. The van der Waals surface area contributed by atoms with Crippen LogP contribution in [0.25, 0.3) is 11.1 Å². The van der Waals surface area contributed by atoms with E-state index in [9.17, 15) is 8.78 Å². The van der Waals surface area contributed by atoms with E-state index in [4.69, 9.17) is 16.3 Å². The molecule has 0 saturated heterocycles. The number of hydrogen-bond donors (Lipinski definition) is 0. The molecule has 0 N–H and O–H groups in total. The van der Waals surface area contributed by atoms with Crippen molar-refractivity contribution in [1.82, 2.24) is 4.98 Å². The van der Waals surface area contributed by atoms with E-state index in [0.29, 0.717) is 36.1 Å². The van der Waals surface area contributed by atoms with Crippen LogP contribution in [0.2, 0.25) is 5.02 Å². The maximum Gasteiger partial charge on any atom is 0.213 e. The Hall–Kier alpha value is -2.79. The fraction of sp³-hybridized carbons (Fsp3) is 0.308. The topological polar surface area (TPSA) is 34.5 Å². The molecule has 0 unspecified atom stereocenters. The minimum Gasteiger partial charge on any atom is -0.477 e. The molecule has 3 aromatic rings. The summed E-state index contributed by atoms with van der Waals surface area (Å²) in [6.45, 7) is 6.90. The molecule has 1 atom stereocenters. The summed E-state index contributed by atoms with van der Waals surface area (Å²) in [7, 11) is 0. The van der Waals surface area contributed by atoms with Gasteiger partial charge in [-0.2, -0.15) is 0 Å². The molecule has 0 aliphatic carbocycles. The largest absolute Gasteiger partial charge is 0.477 e. The number of aliphatic imine (C=N–C) groups is 1. The lowest BCUT2D eigenvalue weighted by Crippen LogP contribution is -2.17. The van der Waals surface area contributed by atoms with Gasteiger partial charge in [-0.25, -0.2) is 13.8 Å². The zero-order chi connectivity index (χ0) is 22.9. The second kappa shape index (κ2) is 8.99. The first-order valence-electron chi connectivity index (χ1n) is 10.6. The molecule has 0 fully saturated rings. The SMILES string of the molecule is CC(C)(C)COc1ccc(-c2ccc([C@H]3CCC(c4c(F)cccc4F)=N3)c(Cl)c2)cn1. The molecule has 0 saturated carbocycles. The zero-order valence-electron chi connectivity index (χ0n) is 18.3. The Morgan fingerprint density at radius 2 is 1.75 bits per heavy atom. The molecule has 1 aliphatic rings. The van der Waals surface area contributed by atoms with Crippen LogP contribution in [-0.4, -0.2) is 17.3 Å². The number of nitrogens with zero attached hydrogens (tertiary/aromatic N) is 2. The number of benzene rings is 2. The van der Waals surface area contributed by atoms with Gasteiger partial charge in [0, 0.05) is 28.6 Å². The Kier molecular flexibility index (Phi) is 6.29. The highest BCUT2D eigenvalue weighted by Gasteiger charge is 2.25. The Bertz CT molecular complexity index is 1130. The normalized spacial score (nSPS) is 16.2. The van der Waals surface area contributed by atoms with Crippen molar-refractivity contribution in [3.63, 3.8) is 0 Å². The molecule has 6 heteroatoms. The van der Waals surface area contributed by atoms with Crippen LogP contribution in [0.15, 0.2) is 59.7 Å². The van der Waals surface area contributed by atoms with Crippen molar-refractivity contribution in [3.8, 4) is 17.0 Å². The maximum atomic E-state index is 14.1. The van der Waals surface area contributed by atoms with Crippen LogP contribution < -0.4 is 4.74 Å². The van der Waals surface area contributed by atoms with Crippen molar-refractivity contribution >= 4 is 17.3 Å². The van der Waals surface area contributed by atoms with E-state index in [1.54, 1.807) is 6.20 Å². The molecular weight excluding hydrogens is 430 g/mol. The van der Waals surface area contributed by atoms with Gasteiger partial charge in [-0.05, 0) is 53.6 Å². The molecule has 2 heterocycles. The lowest BCUT2D eigenvalue weighted by Gasteiger charge is -2.18. The van der Waals surface area contributed by atoms with Crippen molar-refractivity contribution in [1.29, 1.82) is 0 Å². The van der Waals surface area contributed by atoms with Gasteiger partial charge in [0.25, 0.3) is 0 Å². The first-order chi connectivity index (χ1) is 15.2. The van der Waals surface area contributed by atoms with Crippen molar-refractivity contribution in [2.24, 2.45) is 10.4 Å². The van der Waals surface area contributed by atoms with Gasteiger partial charge < -0.3 is 4.74 Å². The average Bonchev–Trinajstić information content (AvgIpc) is 3.21. The molecule has 4 rings (SSSR count). The molecule has 2 aromatic carbocycles. The van der Waals surface area contributed by atoms with E-state index in [-0.39, 0.29) is 17.0 Å². The van der Waals surface area contributed by atoms with Crippen LogP contribution in [0, 0.1) is 17.0 Å². The van der Waals surface area contributed by atoms with Gasteiger partial charge >= 0.3 is 0 Å². The summed E-state index contributed by atoms with van der Waals surface area (Å²) in [5.74, 6) is -0.596. The van der Waals surface area contributed by atoms with Gasteiger partial charge in [-0.15, -0.1) is 0 Å². The van der Waals surface area contributed by atoms with Crippen LogP contribution in [0.5, 0.6) is 5.88 Å². The number of halogens is 3. The number of ether oxygens (including phenoxy) is 1. The Labute approximate surface area is 192 Å². The van der Waals surface area contributed by atoms with E-state index in [1.807, 2.05) is 30.3 Å². The number of rotatable bonds is 5. The monoisotopic (exact) mass is 454 g/mol. The number of aromatic nitrogens is 1. The van der Waals surface area contributed by atoms with Crippen molar-refractivity contribution in [2.45, 2.75) is 39.7 Å². The standard InChI is InChI=1S/C26H25ClF2N2O/c1-26(2,3)15-32-24-12-8-17(14-30-24)16-7-9-18(19(27)13-16)22-10-11-23(31-22)25-20(28)5-4-6-21(25)29/h4-9,12-14,22H,10-11,15H2,1-3H3/t22-/m1/s1. The molecule has 0 spiro atoms. The quantitative estimate of drug-likeness (QED) is 0.401. The van der Waals surface area contributed by atoms with Gasteiger partial charge in [0.15, 0.2) is 0 Å². The van der Waals surface area contributed by atoms with Crippen LogP contribution in [-0.2, 0) is 0 Å². The summed E-state index contributed by atoms with van der Waals surface area (Å²) in [5.41, 5.74) is 3.16. The fourth-order valence-corrected chi connectivity index (χ4v) is 3.99. The third-order valence-electron chi connectivity index (χ3n) is 5.30. The van der Waals surface area contributed by atoms with Gasteiger partial charge in [0.2, 0.25) is 5.88 Å². The van der Waals surface area contributed by atoms with Crippen LogP contribution in [0.3, 0.4) is 0 Å². The minimum atomic E-state index is -0.590. The highest BCUT2D eigenvalue weighted by atomic mass is 35.5. The van der Waals surface area contributed by atoms with E-state index >= 15 is 0 Å². The molecule has 0 bridgehead atoms.